The minimum absolute atomic E-state index is 0.399. The van der Waals surface area contributed by atoms with Gasteiger partial charge in [-0.3, -0.25) is 0 Å². The van der Waals surface area contributed by atoms with Crippen molar-refractivity contribution in [1.82, 2.24) is 9.88 Å². The van der Waals surface area contributed by atoms with Crippen molar-refractivity contribution in [3.63, 3.8) is 0 Å². The molecule has 1 aromatic heterocycles. The average Bonchev–Trinajstić information content (AvgIpc) is 3.20. The highest BCUT2D eigenvalue weighted by molar-refractivity contribution is 5.84. The van der Waals surface area contributed by atoms with Crippen molar-refractivity contribution in [3.8, 4) is 0 Å². The summed E-state index contributed by atoms with van der Waals surface area (Å²) in [4.78, 5) is 5.90. The molecule has 24 heavy (non-hydrogen) atoms. The SMILES string of the molecule is CN1CCC(c2c[nH]c3ccc(CCC4(O)CCCC4)cc23)CC1. The molecule has 2 aliphatic rings. The number of rotatable bonds is 4. The molecule has 3 nitrogen and oxygen atoms in total. The van der Waals surface area contributed by atoms with Crippen LogP contribution >= 0.6 is 0 Å². The van der Waals surface area contributed by atoms with E-state index in [1.807, 2.05) is 0 Å². The third-order valence-corrected chi connectivity index (χ3v) is 6.35. The minimum Gasteiger partial charge on any atom is -0.390 e. The fourth-order valence-corrected chi connectivity index (χ4v) is 4.66. The topological polar surface area (TPSA) is 39.3 Å². The Kier molecular flexibility index (Phi) is 4.40. The summed E-state index contributed by atoms with van der Waals surface area (Å²) in [5.41, 5.74) is 3.73. The van der Waals surface area contributed by atoms with Crippen molar-refractivity contribution in [3.05, 3.63) is 35.5 Å². The molecule has 1 aliphatic carbocycles. The van der Waals surface area contributed by atoms with Gasteiger partial charge in [-0.25, -0.2) is 0 Å². The Morgan fingerprint density at radius 1 is 1.21 bits per heavy atom. The molecule has 4 rings (SSSR count). The number of nitrogens with one attached hydrogen (secondary N) is 1. The van der Waals surface area contributed by atoms with E-state index in [2.05, 4.69) is 41.3 Å². The van der Waals surface area contributed by atoms with E-state index in [4.69, 9.17) is 0 Å². The van der Waals surface area contributed by atoms with Crippen LogP contribution in [-0.4, -0.2) is 40.7 Å². The maximum atomic E-state index is 10.6. The van der Waals surface area contributed by atoms with Crippen LogP contribution in [0.2, 0.25) is 0 Å². The fourth-order valence-electron chi connectivity index (χ4n) is 4.66. The Labute approximate surface area is 145 Å². The van der Waals surface area contributed by atoms with Crippen LogP contribution < -0.4 is 0 Å². The molecule has 3 heteroatoms. The highest BCUT2D eigenvalue weighted by Crippen LogP contribution is 2.35. The van der Waals surface area contributed by atoms with Crippen LogP contribution in [-0.2, 0) is 6.42 Å². The summed E-state index contributed by atoms with van der Waals surface area (Å²) in [6.45, 7) is 2.40. The summed E-state index contributed by atoms with van der Waals surface area (Å²) < 4.78 is 0. The van der Waals surface area contributed by atoms with Gasteiger partial charge >= 0.3 is 0 Å². The molecular weight excluding hydrogens is 296 g/mol. The van der Waals surface area contributed by atoms with Crippen molar-refractivity contribution in [2.24, 2.45) is 0 Å². The van der Waals surface area contributed by atoms with E-state index >= 15 is 0 Å². The summed E-state index contributed by atoms with van der Waals surface area (Å²) in [5, 5.41) is 12.0. The van der Waals surface area contributed by atoms with Crippen LogP contribution in [0.25, 0.3) is 10.9 Å². The number of hydrogen-bond acceptors (Lipinski definition) is 2. The molecule has 0 amide bonds. The molecule has 0 atom stereocenters. The lowest BCUT2D eigenvalue weighted by molar-refractivity contribution is 0.0391. The lowest BCUT2D eigenvalue weighted by atomic mass is 9.88. The highest BCUT2D eigenvalue weighted by Gasteiger charge is 2.30. The molecule has 1 saturated heterocycles. The molecule has 1 aliphatic heterocycles. The van der Waals surface area contributed by atoms with Crippen LogP contribution in [0.3, 0.4) is 0 Å². The summed E-state index contributed by atoms with van der Waals surface area (Å²) in [5.74, 6) is 0.684. The van der Waals surface area contributed by atoms with Gasteiger partial charge in [-0.2, -0.15) is 0 Å². The summed E-state index contributed by atoms with van der Waals surface area (Å²) >= 11 is 0. The summed E-state index contributed by atoms with van der Waals surface area (Å²) in [7, 11) is 2.22. The molecule has 0 unspecified atom stereocenters. The zero-order valence-electron chi connectivity index (χ0n) is 14.9. The predicted molar refractivity (Wildman–Crippen MR) is 99.5 cm³/mol. The third-order valence-electron chi connectivity index (χ3n) is 6.35. The third kappa shape index (κ3) is 3.25. The summed E-state index contributed by atoms with van der Waals surface area (Å²) in [6, 6.07) is 6.83. The second kappa shape index (κ2) is 6.53. The minimum atomic E-state index is -0.399. The van der Waals surface area contributed by atoms with Crippen molar-refractivity contribution < 1.29 is 5.11 Å². The van der Waals surface area contributed by atoms with E-state index in [-0.39, 0.29) is 0 Å². The van der Waals surface area contributed by atoms with Crippen molar-refractivity contribution >= 4 is 10.9 Å². The average molecular weight is 326 g/mol. The molecule has 2 heterocycles. The van der Waals surface area contributed by atoms with Gasteiger partial charge in [0.1, 0.15) is 0 Å². The highest BCUT2D eigenvalue weighted by atomic mass is 16.3. The zero-order chi connectivity index (χ0) is 16.6. The molecule has 1 saturated carbocycles. The molecule has 130 valence electrons. The fraction of sp³-hybridized carbons (Fsp3) is 0.619. The van der Waals surface area contributed by atoms with Crippen LogP contribution in [0.15, 0.2) is 24.4 Å². The Balaban J connectivity index is 1.52. The number of fused-ring (bicyclic) bond motifs is 1. The summed E-state index contributed by atoms with van der Waals surface area (Å²) in [6.07, 6.45) is 11.0. The molecule has 2 aromatic rings. The van der Waals surface area contributed by atoms with Crippen molar-refractivity contribution in [2.75, 3.05) is 20.1 Å². The number of aliphatic hydroxyl groups is 1. The van der Waals surface area contributed by atoms with Crippen LogP contribution in [0, 0.1) is 0 Å². The molecule has 2 fully saturated rings. The number of aryl methyl sites for hydroxylation is 1. The molecule has 0 spiro atoms. The van der Waals surface area contributed by atoms with E-state index in [1.165, 1.54) is 60.8 Å². The largest absolute Gasteiger partial charge is 0.390 e. The van der Waals surface area contributed by atoms with E-state index in [9.17, 15) is 5.11 Å². The number of aromatic amines is 1. The molecule has 0 bridgehead atoms. The normalized spacial score (nSPS) is 22.4. The van der Waals surface area contributed by atoms with Crippen LogP contribution in [0.1, 0.15) is 62.0 Å². The van der Waals surface area contributed by atoms with Gasteiger partial charge in [0.25, 0.3) is 0 Å². The first-order valence-electron chi connectivity index (χ1n) is 9.64. The van der Waals surface area contributed by atoms with Crippen molar-refractivity contribution in [2.45, 2.75) is 62.9 Å². The number of aromatic nitrogens is 1. The second-order valence-corrected chi connectivity index (χ2v) is 8.13. The number of H-pyrrole nitrogens is 1. The standard InChI is InChI=1S/C21H30N2O/c1-23-12-7-17(8-13-23)19-15-22-20-5-4-16(14-18(19)20)6-11-21(24)9-2-3-10-21/h4-5,14-15,17,22,24H,2-3,6-13H2,1H3. The van der Waals surface area contributed by atoms with Gasteiger partial charge in [0.15, 0.2) is 0 Å². The Morgan fingerprint density at radius 2 is 1.96 bits per heavy atom. The Hall–Kier alpha value is -1.32. The van der Waals surface area contributed by atoms with Gasteiger partial charge in [-0.15, -0.1) is 0 Å². The molecule has 2 N–H and O–H groups in total. The number of nitrogens with zero attached hydrogens (tertiary/aromatic N) is 1. The van der Waals surface area contributed by atoms with Gasteiger partial charge in [0.2, 0.25) is 0 Å². The smallest absolute Gasteiger partial charge is 0.0651 e. The first kappa shape index (κ1) is 16.2. The number of piperidine rings is 1. The van der Waals surface area contributed by atoms with Crippen LogP contribution in [0.4, 0.5) is 0 Å². The molecule has 1 aromatic carbocycles. The maximum Gasteiger partial charge on any atom is 0.0651 e. The molecule has 0 radical (unpaired) electrons. The number of benzene rings is 1. The first-order valence-corrected chi connectivity index (χ1v) is 9.64. The lowest BCUT2D eigenvalue weighted by Gasteiger charge is -2.28. The maximum absolute atomic E-state index is 10.6. The van der Waals surface area contributed by atoms with Gasteiger partial charge in [-0.1, -0.05) is 18.9 Å². The Morgan fingerprint density at radius 3 is 2.71 bits per heavy atom. The van der Waals surface area contributed by atoms with Gasteiger partial charge in [0, 0.05) is 17.1 Å². The van der Waals surface area contributed by atoms with E-state index in [0.717, 1.165) is 25.7 Å². The van der Waals surface area contributed by atoms with Gasteiger partial charge in [-0.05, 0) is 87.8 Å². The second-order valence-electron chi connectivity index (χ2n) is 8.13. The quantitative estimate of drug-likeness (QED) is 0.883. The number of hydrogen-bond donors (Lipinski definition) is 2. The van der Waals surface area contributed by atoms with Crippen LogP contribution in [0.5, 0.6) is 0 Å². The van der Waals surface area contributed by atoms with E-state index in [0.29, 0.717) is 5.92 Å². The Bertz CT molecular complexity index is 691. The number of likely N-dealkylation sites (tertiary alicyclic amines) is 1. The molecular formula is C21H30N2O. The van der Waals surface area contributed by atoms with Gasteiger partial charge in [0.05, 0.1) is 5.60 Å². The van der Waals surface area contributed by atoms with E-state index < -0.39 is 5.60 Å². The van der Waals surface area contributed by atoms with Gasteiger partial charge < -0.3 is 15.0 Å². The lowest BCUT2D eigenvalue weighted by Crippen LogP contribution is -2.29. The first-order chi connectivity index (χ1) is 11.6. The monoisotopic (exact) mass is 326 g/mol. The predicted octanol–water partition coefficient (Wildman–Crippen LogP) is 4.21. The van der Waals surface area contributed by atoms with Crippen molar-refractivity contribution in [1.29, 1.82) is 0 Å². The van der Waals surface area contributed by atoms with E-state index in [1.54, 1.807) is 0 Å². The zero-order valence-corrected chi connectivity index (χ0v) is 14.9.